The second-order valence-electron chi connectivity index (χ2n) is 6.35. The molecule has 6 nitrogen and oxygen atoms in total. The fraction of sp³-hybridized carbons (Fsp3) is 0.368. The molecule has 7 heteroatoms. The van der Waals surface area contributed by atoms with Crippen LogP contribution in [-0.4, -0.2) is 30.6 Å². The summed E-state index contributed by atoms with van der Waals surface area (Å²) in [4.78, 5) is 25.0. The van der Waals surface area contributed by atoms with Crippen molar-refractivity contribution in [1.82, 2.24) is 10.6 Å². The van der Waals surface area contributed by atoms with Gasteiger partial charge < -0.3 is 20.5 Å². The number of hydrogen-bond donors (Lipinski definition) is 3. The van der Waals surface area contributed by atoms with Crippen molar-refractivity contribution in [2.45, 2.75) is 25.0 Å². The number of ether oxygens (including phenoxy) is 1. The smallest absolute Gasteiger partial charge is 0.309 e. The average molecular weight is 374 g/mol. The van der Waals surface area contributed by atoms with Gasteiger partial charge in [-0.3, -0.25) is 9.59 Å². The van der Waals surface area contributed by atoms with E-state index in [1.54, 1.807) is 13.2 Å². The molecule has 0 saturated heterocycles. The molecule has 0 bridgehead atoms. The van der Waals surface area contributed by atoms with Crippen LogP contribution in [-0.2, 0) is 21.7 Å². The predicted molar refractivity (Wildman–Crippen MR) is 98.8 cm³/mol. The number of carbonyl (C=O) groups excluding carboxylic acids is 2. The molecule has 2 amide bonds. The maximum Gasteiger partial charge on any atom is 0.309 e. The van der Waals surface area contributed by atoms with E-state index in [0.717, 1.165) is 23.3 Å². The van der Waals surface area contributed by atoms with E-state index in [2.05, 4.69) is 10.6 Å². The molecule has 1 aliphatic carbocycles. The third kappa shape index (κ3) is 4.05. The summed E-state index contributed by atoms with van der Waals surface area (Å²) < 4.78 is 5.22. The lowest BCUT2D eigenvalue weighted by molar-refractivity contribution is -0.140. The third-order valence-electron chi connectivity index (χ3n) is 4.56. The van der Waals surface area contributed by atoms with Crippen molar-refractivity contribution in [3.05, 3.63) is 52.2 Å². The molecule has 0 aliphatic heterocycles. The lowest BCUT2D eigenvalue weighted by Gasteiger charge is -2.27. The first-order valence-electron chi connectivity index (χ1n) is 8.49. The normalized spacial score (nSPS) is 15.8. The van der Waals surface area contributed by atoms with Gasteiger partial charge in [0.1, 0.15) is 11.4 Å². The molecule has 1 fully saturated rings. The summed E-state index contributed by atoms with van der Waals surface area (Å²) in [5.74, 6) is -0.720. The lowest BCUT2D eigenvalue weighted by Crippen LogP contribution is -2.47. The molecule has 1 aromatic carbocycles. The van der Waals surface area contributed by atoms with E-state index in [1.165, 1.54) is 11.3 Å². The average Bonchev–Trinajstić information content (AvgIpc) is 3.38. The molecule has 138 valence electrons. The maximum absolute atomic E-state index is 12.1. The summed E-state index contributed by atoms with van der Waals surface area (Å²) in [6.07, 6.45) is 1.84. The van der Waals surface area contributed by atoms with E-state index in [4.69, 9.17) is 4.74 Å². The highest BCUT2D eigenvalue weighted by Gasteiger charge is 2.46. The molecule has 26 heavy (non-hydrogen) atoms. The Balaban J connectivity index is 1.55. The van der Waals surface area contributed by atoms with Crippen LogP contribution in [0.1, 0.15) is 23.3 Å². The number of aliphatic hydroxyl groups is 1. The Labute approximate surface area is 156 Å². The zero-order valence-corrected chi connectivity index (χ0v) is 15.3. The van der Waals surface area contributed by atoms with Crippen molar-refractivity contribution >= 4 is 23.2 Å². The van der Waals surface area contributed by atoms with E-state index in [-0.39, 0.29) is 19.0 Å². The van der Waals surface area contributed by atoms with Crippen molar-refractivity contribution in [2.75, 3.05) is 13.7 Å². The highest BCUT2D eigenvalue weighted by molar-refractivity contribution is 7.10. The number of amides is 2. The highest BCUT2D eigenvalue weighted by Crippen LogP contribution is 2.46. The zero-order valence-electron chi connectivity index (χ0n) is 14.5. The number of benzene rings is 1. The Kier molecular flexibility index (Phi) is 5.58. The van der Waals surface area contributed by atoms with Crippen LogP contribution in [0.15, 0.2) is 41.8 Å². The van der Waals surface area contributed by atoms with Crippen LogP contribution in [0.25, 0.3) is 0 Å². The Bertz CT molecular complexity index is 774. The van der Waals surface area contributed by atoms with Crippen molar-refractivity contribution < 1.29 is 19.4 Å². The Morgan fingerprint density at radius 3 is 2.58 bits per heavy atom. The van der Waals surface area contributed by atoms with Gasteiger partial charge in [0.05, 0.1) is 13.7 Å². The molecule has 0 radical (unpaired) electrons. The summed E-state index contributed by atoms with van der Waals surface area (Å²) in [5.41, 5.74) is -0.323. The zero-order chi connectivity index (χ0) is 18.6. The van der Waals surface area contributed by atoms with Gasteiger partial charge in [-0.05, 0) is 36.3 Å². The molecule has 1 saturated carbocycles. The van der Waals surface area contributed by atoms with E-state index < -0.39 is 17.4 Å². The number of para-hydroxylation sites is 1. The first-order valence-corrected chi connectivity index (χ1v) is 9.37. The second-order valence-corrected chi connectivity index (χ2v) is 7.30. The van der Waals surface area contributed by atoms with E-state index in [0.29, 0.717) is 5.75 Å². The molecule has 0 spiro atoms. The predicted octanol–water partition coefficient (Wildman–Crippen LogP) is 1.79. The summed E-state index contributed by atoms with van der Waals surface area (Å²) in [6, 6.07) is 11.0. The largest absolute Gasteiger partial charge is 0.496 e. The van der Waals surface area contributed by atoms with Gasteiger partial charge in [-0.2, -0.15) is 0 Å². The topological polar surface area (TPSA) is 87.7 Å². The minimum atomic E-state index is -1.10. The van der Waals surface area contributed by atoms with Crippen LogP contribution in [0, 0.1) is 5.92 Å². The minimum Gasteiger partial charge on any atom is -0.496 e. The molecule has 3 N–H and O–H groups in total. The van der Waals surface area contributed by atoms with Crippen molar-refractivity contribution in [2.24, 2.45) is 5.92 Å². The van der Waals surface area contributed by atoms with Crippen LogP contribution >= 0.6 is 11.3 Å². The Morgan fingerprint density at radius 1 is 1.19 bits per heavy atom. The maximum atomic E-state index is 12.1. The first kappa shape index (κ1) is 18.4. The monoisotopic (exact) mass is 374 g/mol. The SMILES string of the molecule is COc1ccccc1CNC(=O)C(=O)NCC(O)(c1cccs1)C1CC1. The van der Waals surface area contributed by atoms with E-state index in [9.17, 15) is 14.7 Å². The molecule has 3 rings (SSSR count). The first-order chi connectivity index (χ1) is 12.5. The van der Waals surface area contributed by atoms with Crippen LogP contribution in [0.5, 0.6) is 5.75 Å². The van der Waals surface area contributed by atoms with Crippen molar-refractivity contribution in [3.63, 3.8) is 0 Å². The van der Waals surface area contributed by atoms with Gasteiger partial charge in [0.25, 0.3) is 0 Å². The lowest BCUT2D eigenvalue weighted by atomic mass is 9.95. The number of nitrogens with one attached hydrogen (secondary N) is 2. The molecule has 1 heterocycles. The van der Waals surface area contributed by atoms with Crippen LogP contribution < -0.4 is 15.4 Å². The van der Waals surface area contributed by atoms with Crippen LogP contribution in [0.3, 0.4) is 0 Å². The van der Waals surface area contributed by atoms with Crippen LogP contribution in [0.4, 0.5) is 0 Å². The molecular weight excluding hydrogens is 352 g/mol. The molecular formula is C19H22N2O4S. The summed E-state index contributed by atoms with van der Waals surface area (Å²) in [6.45, 7) is 0.215. The summed E-state index contributed by atoms with van der Waals surface area (Å²) in [7, 11) is 1.55. The van der Waals surface area contributed by atoms with Gasteiger partial charge in [-0.25, -0.2) is 0 Å². The summed E-state index contributed by atoms with van der Waals surface area (Å²) in [5, 5.41) is 18.0. The van der Waals surface area contributed by atoms with Crippen molar-refractivity contribution in [1.29, 1.82) is 0 Å². The molecule has 1 atom stereocenters. The molecule has 2 aromatic rings. The van der Waals surface area contributed by atoms with Gasteiger partial charge >= 0.3 is 11.8 Å². The quantitative estimate of drug-likeness (QED) is 0.645. The number of carbonyl (C=O) groups is 2. The Hall–Kier alpha value is -2.38. The van der Waals surface area contributed by atoms with Crippen LogP contribution in [0.2, 0.25) is 0 Å². The van der Waals surface area contributed by atoms with E-state index in [1.807, 2.05) is 35.7 Å². The van der Waals surface area contributed by atoms with Gasteiger partial charge in [0.2, 0.25) is 0 Å². The number of methoxy groups -OCH3 is 1. The second kappa shape index (κ2) is 7.88. The molecule has 1 aliphatic rings. The third-order valence-corrected chi connectivity index (χ3v) is 5.59. The number of rotatable bonds is 7. The van der Waals surface area contributed by atoms with Gasteiger partial charge in [-0.1, -0.05) is 24.3 Å². The van der Waals surface area contributed by atoms with E-state index >= 15 is 0 Å². The number of hydrogen-bond acceptors (Lipinski definition) is 5. The Morgan fingerprint density at radius 2 is 1.92 bits per heavy atom. The summed E-state index contributed by atoms with van der Waals surface area (Å²) >= 11 is 1.45. The molecule has 1 unspecified atom stereocenters. The highest BCUT2D eigenvalue weighted by atomic mass is 32.1. The van der Waals surface area contributed by atoms with Gasteiger partial charge in [-0.15, -0.1) is 11.3 Å². The molecule has 1 aromatic heterocycles. The number of thiophene rings is 1. The standard InChI is InChI=1S/C19H22N2O4S/c1-25-15-6-3-2-5-13(15)11-20-17(22)18(23)21-12-19(24,14-8-9-14)16-7-4-10-26-16/h2-7,10,14,24H,8-9,11-12H2,1H3,(H,20,22)(H,21,23). The minimum absolute atomic E-state index is 0.0269. The fourth-order valence-electron chi connectivity index (χ4n) is 2.92. The van der Waals surface area contributed by atoms with Gasteiger partial charge in [0.15, 0.2) is 0 Å². The van der Waals surface area contributed by atoms with Crippen molar-refractivity contribution in [3.8, 4) is 5.75 Å². The fourth-order valence-corrected chi connectivity index (χ4v) is 3.82. The van der Waals surface area contributed by atoms with Gasteiger partial charge in [0, 0.05) is 17.0 Å².